The standard InChI is InChI=1S/C8H13BO.C8H15BO.2Y/c1-4-8(3)6(2)5-7(9)10-8;1-4-6-8(9)10-7(3)5-2;;/h5-7H,3-4H2,1-2H3;6-8H,3-5H2,1-2H3;;/q2*-2;;/t6-,7-,8?;7?,8-;;/m11../s1. The minimum Gasteiger partial charge on any atom is -0.447 e. The fourth-order valence-electron chi connectivity index (χ4n) is 1.89. The van der Waals surface area contributed by atoms with Gasteiger partial charge in [0.1, 0.15) is 0 Å². The van der Waals surface area contributed by atoms with Gasteiger partial charge in [-0.15, -0.1) is 12.0 Å². The van der Waals surface area contributed by atoms with Crippen LogP contribution in [0.5, 0.6) is 0 Å². The molecule has 2 nitrogen and oxygen atoms in total. The summed E-state index contributed by atoms with van der Waals surface area (Å²) in [6.45, 7) is 16.0. The van der Waals surface area contributed by atoms with Crippen molar-refractivity contribution in [3.63, 3.8) is 0 Å². The number of ether oxygens (including phenoxy) is 2. The minimum atomic E-state index is -0.264. The van der Waals surface area contributed by atoms with Crippen molar-refractivity contribution in [1.29, 1.82) is 0 Å². The summed E-state index contributed by atoms with van der Waals surface area (Å²) < 4.78 is 10.7. The summed E-state index contributed by atoms with van der Waals surface area (Å²) in [6.07, 6.45) is 6.71. The van der Waals surface area contributed by atoms with Gasteiger partial charge >= 0.3 is 0 Å². The maximum Gasteiger partial charge on any atom is 0.0623 e. The second-order valence-electron chi connectivity index (χ2n) is 5.26. The van der Waals surface area contributed by atoms with Gasteiger partial charge in [0.15, 0.2) is 0 Å². The van der Waals surface area contributed by atoms with Crippen LogP contribution in [-0.2, 0) is 74.9 Å². The van der Waals surface area contributed by atoms with Crippen LogP contribution in [-0.4, -0.2) is 39.4 Å². The Morgan fingerprint density at radius 1 is 1.36 bits per heavy atom. The maximum atomic E-state index is 5.56. The fraction of sp³-hybridized carbons (Fsp3) is 0.750. The smallest absolute Gasteiger partial charge is 0.0623 e. The van der Waals surface area contributed by atoms with Gasteiger partial charge in [0.25, 0.3) is 0 Å². The van der Waals surface area contributed by atoms with E-state index < -0.39 is 0 Å². The Hall–Kier alpha value is 2.26. The summed E-state index contributed by atoms with van der Waals surface area (Å²) in [6, 6.07) is -0.458. The van der Waals surface area contributed by atoms with E-state index in [1.807, 2.05) is 26.7 Å². The second kappa shape index (κ2) is 15.5. The van der Waals surface area contributed by atoms with Crippen molar-refractivity contribution in [2.75, 3.05) is 0 Å². The van der Waals surface area contributed by atoms with Gasteiger partial charge in [-0.1, -0.05) is 52.2 Å². The molecule has 2 unspecified atom stereocenters. The summed E-state index contributed by atoms with van der Waals surface area (Å²) in [5.41, 5.74) is -0.264. The molecule has 0 aromatic rings. The molecule has 0 spiro atoms. The molecule has 6 radical (unpaired) electrons. The molecule has 1 fully saturated rings. The van der Waals surface area contributed by atoms with E-state index in [0.717, 1.165) is 19.3 Å². The van der Waals surface area contributed by atoms with Crippen LogP contribution in [0.2, 0.25) is 0 Å². The summed E-state index contributed by atoms with van der Waals surface area (Å²) in [4.78, 5) is 0. The Balaban J connectivity index is -0.000000301. The molecule has 1 aliphatic rings. The summed E-state index contributed by atoms with van der Waals surface area (Å²) >= 11 is 0. The Kier molecular flexibility index (Phi) is 20.5. The zero-order valence-electron chi connectivity index (χ0n) is 14.6. The first-order valence-electron chi connectivity index (χ1n) is 7.50. The summed E-state index contributed by atoms with van der Waals surface area (Å²) in [7, 11) is 11.1. The molecule has 1 heterocycles. The van der Waals surface area contributed by atoms with Crippen molar-refractivity contribution in [2.24, 2.45) is 5.92 Å². The first-order valence-corrected chi connectivity index (χ1v) is 7.50. The normalized spacial score (nSPS) is 29.4. The van der Waals surface area contributed by atoms with E-state index in [2.05, 4.69) is 27.7 Å². The predicted octanol–water partition coefficient (Wildman–Crippen LogP) is 3.05. The van der Waals surface area contributed by atoms with Crippen LogP contribution in [0.4, 0.5) is 0 Å². The molecule has 0 amide bonds. The van der Waals surface area contributed by atoms with E-state index in [1.54, 1.807) is 0 Å². The molecule has 120 valence electrons. The van der Waals surface area contributed by atoms with E-state index in [1.165, 1.54) is 0 Å². The van der Waals surface area contributed by atoms with Gasteiger partial charge in [0, 0.05) is 65.4 Å². The van der Waals surface area contributed by atoms with Crippen molar-refractivity contribution in [2.45, 2.75) is 70.7 Å². The van der Waals surface area contributed by atoms with Crippen LogP contribution in [0.3, 0.4) is 0 Å². The molecule has 22 heavy (non-hydrogen) atoms. The molecule has 0 saturated carbocycles. The summed E-state index contributed by atoms with van der Waals surface area (Å²) in [5.74, 6) is 0.368. The van der Waals surface area contributed by atoms with Gasteiger partial charge in [0.05, 0.1) is 15.7 Å². The molecule has 1 aliphatic heterocycles. The first-order chi connectivity index (χ1) is 9.28. The molecule has 0 N–H and O–H groups in total. The van der Waals surface area contributed by atoms with Crippen LogP contribution in [0.1, 0.15) is 47.0 Å². The van der Waals surface area contributed by atoms with Crippen molar-refractivity contribution < 1.29 is 74.9 Å². The SMILES string of the molecule is [B][C@@H]([CH-]CC)OC([CH2-])CC.[B][C@H]1[CH-][C@@H](C)C([CH2-])(CC)O1.[Y].[Y]. The van der Waals surface area contributed by atoms with Gasteiger partial charge in [-0.05, 0) is 0 Å². The molecule has 0 aromatic heterocycles. The molecule has 6 heteroatoms. The summed E-state index contributed by atoms with van der Waals surface area (Å²) in [5, 5.41) is 0. The zero-order chi connectivity index (χ0) is 15.8. The molecule has 0 aliphatic carbocycles. The number of rotatable bonds is 6. The second-order valence-corrected chi connectivity index (χ2v) is 5.26. The third-order valence-electron chi connectivity index (χ3n) is 3.55. The third-order valence-corrected chi connectivity index (χ3v) is 3.55. The van der Waals surface area contributed by atoms with E-state index in [9.17, 15) is 0 Å². The van der Waals surface area contributed by atoms with E-state index in [0.29, 0.717) is 5.92 Å². The Labute approximate surface area is 192 Å². The minimum absolute atomic E-state index is 0. The molecular formula is C16H28B2O2Y2-4. The molecule has 0 aromatic carbocycles. The number of hydrogen-bond donors (Lipinski definition) is 0. The Morgan fingerprint density at radius 2 is 1.91 bits per heavy atom. The quantitative estimate of drug-likeness (QED) is 0.456. The van der Waals surface area contributed by atoms with Crippen molar-refractivity contribution in [1.82, 2.24) is 0 Å². The van der Waals surface area contributed by atoms with Gasteiger partial charge < -0.3 is 36.2 Å². The van der Waals surface area contributed by atoms with Gasteiger partial charge in [-0.2, -0.15) is 12.3 Å². The maximum absolute atomic E-state index is 5.56. The van der Waals surface area contributed by atoms with Crippen molar-refractivity contribution >= 4 is 15.7 Å². The van der Waals surface area contributed by atoms with E-state index >= 15 is 0 Å². The van der Waals surface area contributed by atoms with Gasteiger partial charge in [-0.3, -0.25) is 0 Å². The van der Waals surface area contributed by atoms with Crippen LogP contribution >= 0.6 is 0 Å². The molecule has 1 rings (SSSR count). The average molecular weight is 452 g/mol. The largest absolute Gasteiger partial charge is 0.447 e. The average Bonchev–Trinajstić information content (AvgIpc) is 2.64. The van der Waals surface area contributed by atoms with E-state index in [-0.39, 0.29) is 89.1 Å². The predicted molar refractivity (Wildman–Crippen MR) is 87.1 cm³/mol. The van der Waals surface area contributed by atoms with E-state index in [4.69, 9.17) is 25.2 Å². The topological polar surface area (TPSA) is 18.5 Å². The monoisotopic (exact) mass is 452 g/mol. The molecule has 1 saturated heterocycles. The van der Waals surface area contributed by atoms with Gasteiger partial charge in [0.2, 0.25) is 0 Å². The van der Waals surface area contributed by atoms with Crippen LogP contribution in [0.25, 0.3) is 0 Å². The Morgan fingerprint density at radius 3 is 2.18 bits per heavy atom. The third kappa shape index (κ3) is 11.7. The van der Waals surface area contributed by atoms with Crippen molar-refractivity contribution in [3.05, 3.63) is 26.7 Å². The van der Waals surface area contributed by atoms with Crippen LogP contribution < -0.4 is 0 Å². The number of hydrogen-bond acceptors (Lipinski definition) is 2. The van der Waals surface area contributed by atoms with Crippen molar-refractivity contribution in [3.8, 4) is 0 Å². The van der Waals surface area contributed by atoms with Crippen LogP contribution in [0, 0.1) is 32.6 Å². The van der Waals surface area contributed by atoms with Crippen LogP contribution in [0.15, 0.2) is 0 Å². The Bertz CT molecular complexity index is 258. The zero-order valence-corrected chi connectivity index (χ0v) is 20.3. The molecule has 0 bridgehead atoms. The van der Waals surface area contributed by atoms with Gasteiger partial charge in [-0.25, -0.2) is 0 Å². The molecular weight excluding hydrogens is 424 g/mol. The first kappa shape index (κ1) is 29.0. The molecule has 5 atom stereocenters. The fourth-order valence-corrected chi connectivity index (χ4v) is 1.89.